The number of pyridine rings is 1. The normalized spacial score (nSPS) is 9.29. The van der Waals surface area contributed by atoms with Gasteiger partial charge in [-0.25, -0.2) is 9.78 Å². The number of aliphatic hydroxyl groups is 1. The van der Waals surface area contributed by atoms with Crippen molar-refractivity contribution >= 4 is 11.8 Å². The molecule has 1 aromatic heterocycles. The molecule has 5 nitrogen and oxygen atoms in total. The van der Waals surface area contributed by atoms with Crippen molar-refractivity contribution in [2.75, 3.05) is 19.0 Å². The van der Waals surface area contributed by atoms with Crippen LogP contribution in [0.25, 0.3) is 0 Å². The third-order valence-corrected chi connectivity index (χ3v) is 2.51. The maximum absolute atomic E-state index is 11.3. The number of carbonyl (C=O) groups excluding carboxylic acids is 1. The molecule has 0 bridgehead atoms. The Morgan fingerprint density at radius 2 is 1.90 bits per heavy atom. The number of aromatic nitrogens is 1. The molecule has 0 fully saturated rings. The lowest BCUT2D eigenvalue weighted by Gasteiger charge is -2.06. The van der Waals surface area contributed by atoms with Crippen molar-refractivity contribution in [3.63, 3.8) is 0 Å². The minimum atomic E-state index is -0.320. The molecule has 1 aromatic carbocycles. The lowest BCUT2D eigenvalue weighted by molar-refractivity contribution is 0.0600. The number of nitrogens with zero attached hydrogens (tertiary/aromatic N) is 1. The molecule has 21 heavy (non-hydrogen) atoms. The van der Waals surface area contributed by atoms with Crippen molar-refractivity contribution < 1.29 is 14.6 Å². The number of esters is 1. The van der Waals surface area contributed by atoms with Crippen molar-refractivity contribution in [2.24, 2.45) is 0 Å². The third kappa shape index (κ3) is 6.05. The molecule has 0 spiro atoms. The second-order valence-electron chi connectivity index (χ2n) is 4.07. The fourth-order valence-corrected chi connectivity index (χ4v) is 1.54. The van der Waals surface area contributed by atoms with Gasteiger partial charge in [-0.15, -0.1) is 0 Å². The number of hydrogen-bond acceptors (Lipinski definition) is 5. The minimum Gasteiger partial charge on any atom is -0.465 e. The minimum absolute atomic E-state index is 0.250. The highest BCUT2D eigenvalue weighted by Gasteiger charge is 2.03. The van der Waals surface area contributed by atoms with Gasteiger partial charge < -0.3 is 15.2 Å². The van der Waals surface area contributed by atoms with E-state index in [2.05, 4.69) is 15.0 Å². The van der Waals surface area contributed by atoms with Gasteiger partial charge in [0.2, 0.25) is 0 Å². The average Bonchev–Trinajstić information content (AvgIpc) is 2.54. The highest BCUT2D eigenvalue weighted by atomic mass is 16.5. The second-order valence-corrected chi connectivity index (χ2v) is 4.07. The number of rotatable bonds is 4. The van der Waals surface area contributed by atoms with Crippen molar-refractivity contribution in [2.45, 2.75) is 13.5 Å². The Kier molecular flexibility index (Phi) is 7.53. The molecule has 0 unspecified atom stereocenters. The van der Waals surface area contributed by atoms with Gasteiger partial charge in [-0.1, -0.05) is 18.2 Å². The number of anilines is 1. The van der Waals surface area contributed by atoms with Crippen LogP contribution in [0.1, 0.15) is 22.8 Å². The predicted octanol–water partition coefficient (Wildman–Crippen LogP) is 2.48. The van der Waals surface area contributed by atoms with Crippen LogP contribution in [0, 0.1) is 0 Å². The van der Waals surface area contributed by atoms with Crippen molar-refractivity contribution in [1.29, 1.82) is 0 Å². The molecule has 0 saturated heterocycles. The topological polar surface area (TPSA) is 71.5 Å². The zero-order valence-corrected chi connectivity index (χ0v) is 12.2. The van der Waals surface area contributed by atoms with E-state index in [0.717, 1.165) is 11.4 Å². The zero-order valence-electron chi connectivity index (χ0n) is 12.2. The molecule has 0 amide bonds. The van der Waals surface area contributed by atoms with Crippen LogP contribution < -0.4 is 5.32 Å². The van der Waals surface area contributed by atoms with E-state index in [9.17, 15) is 4.79 Å². The van der Waals surface area contributed by atoms with E-state index < -0.39 is 0 Å². The molecule has 0 aliphatic rings. The molecule has 0 aliphatic heterocycles. The summed E-state index contributed by atoms with van der Waals surface area (Å²) >= 11 is 0. The van der Waals surface area contributed by atoms with Gasteiger partial charge in [0.1, 0.15) is 5.82 Å². The SMILES string of the molecule is CCO.COC(=O)c1ccc(CNc2ccccn2)cc1. The summed E-state index contributed by atoms with van der Waals surface area (Å²) in [7, 11) is 1.37. The van der Waals surface area contributed by atoms with E-state index in [1.165, 1.54) is 7.11 Å². The molecule has 2 N–H and O–H groups in total. The van der Waals surface area contributed by atoms with Gasteiger partial charge in [0.25, 0.3) is 0 Å². The molecule has 2 rings (SSSR count). The number of aliphatic hydroxyl groups excluding tert-OH is 1. The first-order valence-corrected chi connectivity index (χ1v) is 6.64. The standard InChI is InChI=1S/C14H14N2O2.C2H6O/c1-18-14(17)12-7-5-11(6-8-12)10-16-13-4-2-3-9-15-13;1-2-3/h2-9H,10H2,1H3,(H,15,16);3H,2H2,1H3. The Bertz CT molecular complexity index is 527. The van der Waals surface area contributed by atoms with Gasteiger partial charge in [0.05, 0.1) is 12.7 Å². The quantitative estimate of drug-likeness (QED) is 0.846. The molecule has 0 aliphatic carbocycles. The van der Waals surface area contributed by atoms with Crippen LogP contribution in [0.4, 0.5) is 5.82 Å². The average molecular weight is 288 g/mol. The fraction of sp³-hybridized carbons (Fsp3) is 0.250. The predicted molar refractivity (Wildman–Crippen MR) is 82.1 cm³/mol. The summed E-state index contributed by atoms with van der Waals surface area (Å²) in [5.41, 5.74) is 1.63. The Hall–Kier alpha value is -2.40. The summed E-state index contributed by atoms with van der Waals surface area (Å²) in [4.78, 5) is 15.4. The van der Waals surface area contributed by atoms with Crippen molar-refractivity contribution in [3.8, 4) is 0 Å². The number of carbonyl (C=O) groups is 1. The zero-order chi connectivity index (χ0) is 15.5. The fourth-order valence-electron chi connectivity index (χ4n) is 1.54. The second kappa shape index (κ2) is 9.50. The Morgan fingerprint density at radius 1 is 1.24 bits per heavy atom. The smallest absolute Gasteiger partial charge is 0.337 e. The number of nitrogens with one attached hydrogen (secondary N) is 1. The largest absolute Gasteiger partial charge is 0.465 e. The van der Waals surface area contributed by atoms with E-state index in [1.54, 1.807) is 25.3 Å². The molecule has 2 aromatic rings. The molecule has 0 saturated carbocycles. The molecular weight excluding hydrogens is 268 g/mol. The maximum atomic E-state index is 11.3. The van der Waals surface area contributed by atoms with Crippen LogP contribution in [-0.2, 0) is 11.3 Å². The molecule has 112 valence electrons. The van der Waals surface area contributed by atoms with Gasteiger partial charge in [-0.3, -0.25) is 0 Å². The summed E-state index contributed by atoms with van der Waals surface area (Å²) in [6, 6.07) is 13.0. The van der Waals surface area contributed by atoms with Crippen LogP contribution >= 0.6 is 0 Å². The molecule has 0 atom stereocenters. The summed E-state index contributed by atoms with van der Waals surface area (Å²) in [5, 5.41) is 10.8. The summed E-state index contributed by atoms with van der Waals surface area (Å²) < 4.78 is 4.64. The highest BCUT2D eigenvalue weighted by Crippen LogP contribution is 2.08. The van der Waals surface area contributed by atoms with Gasteiger partial charge in [0.15, 0.2) is 0 Å². The lowest BCUT2D eigenvalue weighted by Crippen LogP contribution is -2.03. The Labute approximate surface area is 124 Å². The summed E-state index contributed by atoms with van der Waals surface area (Å²) in [6.45, 7) is 2.60. The molecular formula is C16H20N2O3. The van der Waals surface area contributed by atoms with Crippen LogP contribution in [0.15, 0.2) is 48.7 Å². The number of benzene rings is 1. The van der Waals surface area contributed by atoms with Crippen molar-refractivity contribution in [1.82, 2.24) is 4.98 Å². The van der Waals surface area contributed by atoms with Gasteiger partial charge in [-0.05, 0) is 36.8 Å². The first-order chi connectivity index (χ1) is 10.2. The molecule has 5 heteroatoms. The van der Waals surface area contributed by atoms with E-state index in [1.807, 2.05) is 30.3 Å². The van der Waals surface area contributed by atoms with Crippen LogP contribution in [-0.4, -0.2) is 29.8 Å². The number of methoxy groups -OCH3 is 1. The first-order valence-electron chi connectivity index (χ1n) is 6.64. The molecule has 0 radical (unpaired) electrons. The van der Waals surface area contributed by atoms with E-state index in [-0.39, 0.29) is 12.6 Å². The van der Waals surface area contributed by atoms with Gasteiger partial charge in [0, 0.05) is 19.3 Å². The third-order valence-electron chi connectivity index (χ3n) is 2.51. The Balaban J connectivity index is 0.000000677. The number of ether oxygens (including phenoxy) is 1. The monoisotopic (exact) mass is 288 g/mol. The van der Waals surface area contributed by atoms with E-state index >= 15 is 0 Å². The lowest BCUT2D eigenvalue weighted by atomic mass is 10.1. The first kappa shape index (κ1) is 16.7. The van der Waals surface area contributed by atoms with E-state index in [0.29, 0.717) is 12.1 Å². The van der Waals surface area contributed by atoms with Gasteiger partial charge >= 0.3 is 5.97 Å². The van der Waals surface area contributed by atoms with Crippen LogP contribution in [0.5, 0.6) is 0 Å². The summed E-state index contributed by atoms with van der Waals surface area (Å²) in [6.07, 6.45) is 1.74. The Morgan fingerprint density at radius 3 is 2.43 bits per heavy atom. The summed E-state index contributed by atoms with van der Waals surface area (Å²) in [5.74, 6) is 0.508. The molecule has 1 heterocycles. The van der Waals surface area contributed by atoms with Gasteiger partial charge in [-0.2, -0.15) is 0 Å². The van der Waals surface area contributed by atoms with Crippen LogP contribution in [0.3, 0.4) is 0 Å². The highest BCUT2D eigenvalue weighted by molar-refractivity contribution is 5.89. The van der Waals surface area contributed by atoms with Crippen LogP contribution in [0.2, 0.25) is 0 Å². The maximum Gasteiger partial charge on any atom is 0.337 e. The van der Waals surface area contributed by atoms with Crippen molar-refractivity contribution in [3.05, 3.63) is 59.8 Å². The number of hydrogen-bond donors (Lipinski definition) is 2. The van der Waals surface area contributed by atoms with E-state index in [4.69, 9.17) is 5.11 Å².